The molecular formula is C66H129NO5. The molecule has 428 valence electrons. The Balaban J connectivity index is 3.35. The van der Waals surface area contributed by atoms with Crippen LogP contribution in [-0.2, 0) is 14.3 Å². The summed E-state index contributed by atoms with van der Waals surface area (Å²) in [6, 6.07) is -0.540. The van der Waals surface area contributed by atoms with Gasteiger partial charge >= 0.3 is 5.97 Å². The number of nitrogens with one attached hydrogen (secondary N) is 1. The van der Waals surface area contributed by atoms with Crippen LogP contribution in [0.2, 0.25) is 0 Å². The van der Waals surface area contributed by atoms with Gasteiger partial charge in [0.1, 0.15) is 0 Å². The molecule has 0 heterocycles. The number of carbonyl (C=O) groups excluding carboxylic acids is 2. The lowest BCUT2D eigenvalue weighted by Gasteiger charge is -2.22. The summed E-state index contributed by atoms with van der Waals surface area (Å²) in [5.74, 6) is -0.0141. The highest BCUT2D eigenvalue weighted by Crippen LogP contribution is 2.18. The maximum absolute atomic E-state index is 12.5. The van der Waals surface area contributed by atoms with Crippen molar-refractivity contribution in [3.63, 3.8) is 0 Å². The van der Waals surface area contributed by atoms with Crippen LogP contribution in [0, 0.1) is 0 Å². The standard InChI is InChI=1S/C66H129NO5/c1-3-5-7-9-11-13-15-17-36-40-44-48-52-56-60-66(71)72-61-57-53-49-45-41-37-33-31-29-27-25-23-21-19-18-20-22-24-26-28-30-32-35-39-43-47-51-55-59-65(70)67-63(62-68)64(69)58-54-50-46-42-38-34-16-14-12-10-8-6-4-2/h18-19,63-64,68-69H,3-17,20-62H2,1-2H3,(H,67,70)/b19-18-. The minimum Gasteiger partial charge on any atom is -0.466 e. The average Bonchev–Trinajstić information content (AvgIpc) is 3.38. The van der Waals surface area contributed by atoms with Crippen LogP contribution in [0.4, 0.5) is 0 Å². The van der Waals surface area contributed by atoms with Crippen LogP contribution in [0.15, 0.2) is 12.2 Å². The number of ether oxygens (including phenoxy) is 1. The van der Waals surface area contributed by atoms with Gasteiger partial charge in [-0.1, -0.05) is 321 Å². The molecule has 0 aliphatic rings. The van der Waals surface area contributed by atoms with Gasteiger partial charge in [-0.3, -0.25) is 9.59 Å². The van der Waals surface area contributed by atoms with Crippen LogP contribution in [-0.4, -0.2) is 47.4 Å². The number of amides is 1. The van der Waals surface area contributed by atoms with Crippen molar-refractivity contribution in [2.24, 2.45) is 0 Å². The Hall–Kier alpha value is -1.40. The zero-order valence-corrected chi connectivity index (χ0v) is 48.9. The van der Waals surface area contributed by atoms with Gasteiger partial charge in [0.2, 0.25) is 5.91 Å². The van der Waals surface area contributed by atoms with Gasteiger partial charge in [0, 0.05) is 12.8 Å². The van der Waals surface area contributed by atoms with E-state index in [-0.39, 0.29) is 18.5 Å². The minimum atomic E-state index is -0.662. The third-order valence-electron chi connectivity index (χ3n) is 15.6. The van der Waals surface area contributed by atoms with Gasteiger partial charge in [-0.25, -0.2) is 0 Å². The van der Waals surface area contributed by atoms with Crippen LogP contribution < -0.4 is 5.32 Å². The Morgan fingerprint density at radius 2 is 0.653 bits per heavy atom. The molecule has 2 unspecified atom stereocenters. The van der Waals surface area contributed by atoms with Crippen LogP contribution in [0.5, 0.6) is 0 Å². The van der Waals surface area contributed by atoms with Crippen LogP contribution in [0.3, 0.4) is 0 Å². The summed E-state index contributed by atoms with van der Waals surface area (Å²) in [6.45, 7) is 4.98. The maximum atomic E-state index is 12.5. The molecule has 0 bridgehead atoms. The highest BCUT2D eigenvalue weighted by molar-refractivity contribution is 5.76. The van der Waals surface area contributed by atoms with E-state index in [2.05, 4.69) is 31.3 Å². The smallest absolute Gasteiger partial charge is 0.305 e. The lowest BCUT2D eigenvalue weighted by Crippen LogP contribution is -2.45. The Bertz CT molecular complexity index is 1080. The van der Waals surface area contributed by atoms with Gasteiger partial charge in [-0.05, 0) is 51.4 Å². The van der Waals surface area contributed by atoms with E-state index in [0.29, 0.717) is 25.9 Å². The van der Waals surface area contributed by atoms with Crippen LogP contribution >= 0.6 is 0 Å². The topological polar surface area (TPSA) is 95.9 Å². The second-order valence-electron chi connectivity index (χ2n) is 22.8. The normalized spacial score (nSPS) is 12.6. The first-order valence-electron chi connectivity index (χ1n) is 32.9. The van der Waals surface area contributed by atoms with Crippen molar-refractivity contribution < 1.29 is 24.5 Å². The molecule has 0 rings (SSSR count). The molecule has 2 atom stereocenters. The van der Waals surface area contributed by atoms with Gasteiger partial charge in [0.15, 0.2) is 0 Å². The third kappa shape index (κ3) is 57.9. The summed E-state index contributed by atoms with van der Waals surface area (Å²) < 4.78 is 5.49. The molecule has 0 aliphatic carbocycles. The van der Waals surface area contributed by atoms with E-state index in [1.807, 2.05) is 0 Å². The number of aliphatic hydroxyl groups is 2. The molecule has 0 fully saturated rings. The van der Waals surface area contributed by atoms with Crippen molar-refractivity contribution in [2.45, 2.75) is 386 Å². The molecule has 0 aromatic heterocycles. The Kier molecular flexibility index (Phi) is 60.9. The number of hydrogen-bond acceptors (Lipinski definition) is 5. The molecule has 0 radical (unpaired) electrons. The molecule has 6 heteroatoms. The number of unbranched alkanes of at least 4 members (excludes halogenated alkanes) is 49. The molecule has 0 aliphatic heterocycles. The summed E-state index contributed by atoms with van der Waals surface area (Å²) in [5, 5.41) is 23.3. The average molecular weight is 1020 g/mol. The largest absolute Gasteiger partial charge is 0.466 e. The summed E-state index contributed by atoms with van der Waals surface area (Å²) >= 11 is 0. The fourth-order valence-electron chi connectivity index (χ4n) is 10.5. The van der Waals surface area contributed by atoms with Gasteiger partial charge in [-0.2, -0.15) is 0 Å². The molecule has 0 aromatic rings. The quantitative estimate of drug-likeness (QED) is 0.0320. The van der Waals surface area contributed by atoms with Gasteiger partial charge in [0.25, 0.3) is 0 Å². The number of hydrogen-bond donors (Lipinski definition) is 3. The Morgan fingerprint density at radius 3 is 0.986 bits per heavy atom. The molecular weight excluding hydrogens is 887 g/mol. The molecule has 1 amide bonds. The van der Waals surface area contributed by atoms with E-state index in [1.54, 1.807) is 0 Å². The molecule has 0 saturated carbocycles. The second kappa shape index (κ2) is 62.1. The molecule has 0 spiro atoms. The predicted octanol–water partition coefficient (Wildman–Crippen LogP) is 20.8. The lowest BCUT2D eigenvalue weighted by atomic mass is 10.0. The van der Waals surface area contributed by atoms with E-state index in [0.717, 1.165) is 38.5 Å². The number of aliphatic hydroxyl groups excluding tert-OH is 2. The first-order chi connectivity index (χ1) is 35.5. The van der Waals surface area contributed by atoms with E-state index < -0.39 is 12.1 Å². The molecule has 6 nitrogen and oxygen atoms in total. The minimum absolute atomic E-state index is 0.0188. The van der Waals surface area contributed by atoms with Crippen molar-refractivity contribution in [2.75, 3.05) is 13.2 Å². The van der Waals surface area contributed by atoms with Crippen molar-refractivity contribution in [3.8, 4) is 0 Å². The first-order valence-corrected chi connectivity index (χ1v) is 32.9. The monoisotopic (exact) mass is 1020 g/mol. The fraction of sp³-hybridized carbons (Fsp3) is 0.939. The number of carbonyl (C=O) groups is 2. The summed E-state index contributed by atoms with van der Waals surface area (Å²) in [5.41, 5.74) is 0. The highest BCUT2D eigenvalue weighted by Gasteiger charge is 2.20. The van der Waals surface area contributed by atoms with Gasteiger partial charge in [0.05, 0.1) is 25.4 Å². The van der Waals surface area contributed by atoms with Crippen molar-refractivity contribution in [3.05, 3.63) is 12.2 Å². The van der Waals surface area contributed by atoms with E-state index in [9.17, 15) is 19.8 Å². The van der Waals surface area contributed by atoms with Gasteiger partial charge in [-0.15, -0.1) is 0 Å². The van der Waals surface area contributed by atoms with Crippen molar-refractivity contribution in [1.82, 2.24) is 5.32 Å². The zero-order valence-electron chi connectivity index (χ0n) is 48.9. The van der Waals surface area contributed by atoms with Gasteiger partial charge < -0.3 is 20.3 Å². The molecule has 3 N–H and O–H groups in total. The lowest BCUT2D eigenvalue weighted by molar-refractivity contribution is -0.143. The highest BCUT2D eigenvalue weighted by atomic mass is 16.5. The first kappa shape index (κ1) is 70.6. The maximum Gasteiger partial charge on any atom is 0.305 e. The third-order valence-corrected chi connectivity index (χ3v) is 15.6. The van der Waals surface area contributed by atoms with E-state index in [1.165, 1.54) is 302 Å². The summed E-state index contributed by atoms with van der Waals surface area (Å²) in [7, 11) is 0. The number of allylic oxidation sites excluding steroid dienone is 2. The summed E-state index contributed by atoms with van der Waals surface area (Å²) in [4.78, 5) is 24.5. The Morgan fingerprint density at radius 1 is 0.375 bits per heavy atom. The molecule has 0 aromatic carbocycles. The number of esters is 1. The van der Waals surface area contributed by atoms with Crippen LogP contribution in [0.25, 0.3) is 0 Å². The molecule has 72 heavy (non-hydrogen) atoms. The fourth-order valence-corrected chi connectivity index (χ4v) is 10.5. The number of rotatable bonds is 62. The van der Waals surface area contributed by atoms with Crippen LogP contribution in [0.1, 0.15) is 373 Å². The predicted molar refractivity (Wildman–Crippen MR) is 315 cm³/mol. The van der Waals surface area contributed by atoms with Crippen molar-refractivity contribution >= 4 is 11.9 Å². The molecule has 0 saturated heterocycles. The SMILES string of the molecule is CCCCCCCCCCCCCCCCC(=O)OCCCCCCCCCCCCCC/C=C\CCCCCCCCCCCCCCC(=O)NC(CO)C(O)CCCCCCCCCCCCCCC. The van der Waals surface area contributed by atoms with E-state index in [4.69, 9.17) is 4.74 Å². The van der Waals surface area contributed by atoms with E-state index >= 15 is 0 Å². The summed E-state index contributed by atoms with van der Waals surface area (Å²) in [6.07, 6.45) is 75.3. The van der Waals surface area contributed by atoms with Crippen molar-refractivity contribution in [1.29, 1.82) is 0 Å². The zero-order chi connectivity index (χ0) is 52.2. The Labute approximate surface area is 450 Å². The second-order valence-corrected chi connectivity index (χ2v) is 22.8.